The van der Waals surface area contributed by atoms with Crippen LogP contribution in [-0.2, 0) is 4.79 Å². The average molecular weight is 273 g/mol. The van der Waals surface area contributed by atoms with Gasteiger partial charge in [0, 0.05) is 19.5 Å². The summed E-state index contributed by atoms with van der Waals surface area (Å²) in [6, 6.07) is 5.09. The van der Waals surface area contributed by atoms with Gasteiger partial charge in [0.1, 0.15) is 0 Å². The predicted molar refractivity (Wildman–Crippen MR) is 72.8 cm³/mol. The maximum Gasteiger partial charge on any atom is 0.225 e. The number of amides is 1. The molecule has 0 aromatic heterocycles. The Kier molecular flexibility index (Phi) is 6.05. The van der Waals surface area contributed by atoms with Crippen LogP contribution in [0.4, 0.5) is 5.69 Å². The lowest BCUT2D eigenvalue weighted by atomic mass is 10.3. The summed E-state index contributed by atoms with van der Waals surface area (Å²) in [5.41, 5.74) is 0.463. The van der Waals surface area contributed by atoms with E-state index in [1.165, 1.54) is 0 Å². The Morgan fingerprint density at radius 1 is 1.35 bits per heavy atom. The van der Waals surface area contributed by atoms with E-state index >= 15 is 0 Å². The number of benzene rings is 1. The molecule has 0 heterocycles. The van der Waals surface area contributed by atoms with E-state index in [1.54, 1.807) is 24.3 Å². The molecule has 1 aromatic rings. The molecule has 0 saturated heterocycles. The molecule has 0 aliphatic heterocycles. The fraction of sp³-hybridized carbons (Fsp3) is 0.250. The first-order valence-electron chi connectivity index (χ1n) is 5.20. The molecule has 0 bridgehead atoms. The highest BCUT2D eigenvalue weighted by Crippen LogP contribution is 2.29. The number of nitrogens with one attached hydrogen (secondary N) is 2. The van der Waals surface area contributed by atoms with Crippen molar-refractivity contribution in [2.75, 3.05) is 18.4 Å². The van der Waals surface area contributed by atoms with Gasteiger partial charge in [-0.15, -0.1) is 6.58 Å². The zero-order valence-corrected chi connectivity index (χ0v) is 10.8. The summed E-state index contributed by atoms with van der Waals surface area (Å²) < 4.78 is 0. The number of para-hydroxylation sites is 1. The van der Waals surface area contributed by atoms with Crippen molar-refractivity contribution in [3.05, 3.63) is 40.9 Å². The summed E-state index contributed by atoms with van der Waals surface area (Å²) in [5.74, 6) is -0.128. The van der Waals surface area contributed by atoms with E-state index in [0.29, 0.717) is 35.2 Å². The molecule has 2 N–H and O–H groups in total. The van der Waals surface area contributed by atoms with Crippen LogP contribution >= 0.6 is 23.2 Å². The second-order valence-corrected chi connectivity index (χ2v) is 4.20. The summed E-state index contributed by atoms with van der Waals surface area (Å²) in [7, 11) is 0. The van der Waals surface area contributed by atoms with Gasteiger partial charge in [0.05, 0.1) is 15.7 Å². The number of hydrogen-bond acceptors (Lipinski definition) is 2. The molecule has 3 nitrogen and oxygen atoms in total. The lowest BCUT2D eigenvalue weighted by Gasteiger charge is -2.09. The Hall–Kier alpha value is -1.03. The second-order valence-electron chi connectivity index (χ2n) is 3.39. The standard InChI is InChI=1S/C12H14Cl2N2O/c1-2-7-15-8-6-11(17)16-12-9(13)4-3-5-10(12)14/h2-5,15H,1,6-8H2,(H,16,17). The van der Waals surface area contributed by atoms with Crippen LogP contribution in [-0.4, -0.2) is 19.0 Å². The molecule has 0 spiro atoms. The summed E-state index contributed by atoms with van der Waals surface area (Å²) in [4.78, 5) is 11.6. The van der Waals surface area contributed by atoms with Crippen molar-refractivity contribution >= 4 is 34.8 Å². The Morgan fingerprint density at radius 2 is 2.00 bits per heavy atom. The van der Waals surface area contributed by atoms with Crippen molar-refractivity contribution in [1.82, 2.24) is 5.32 Å². The van der Waals surface area contributed by atoms with E-state index in [4.69, 9.17) is 23.2 Å². The highest BCUT2D eigenvalue weighted by molar-refractivity contribution is 6.39. The first-order valence-corrected chi connectivity index (χ1v) is 5.96. The van der Waals surface area contributed by atoms with E-state index in [0.717, 1.165) is 0 Å². The number of carbonyl (C=O) groups is 1. The molecule has 0 fully saturated rings. The van der Waals surface area contributed by atoms with Crippen LogP contribution in [0.5, 0.6) is 0 Å². The summed E-state index contributed by atoms with van der Waals surface area (Å²) >= 11 is 11.9. The third-order valence-corrected chi connectivity index (χ3v) is 2.67. The van der Waals surface area contributed by atoms with Crippen LogP contribution < -0.4 is 10.6 Å². The van der Waals surface area contributed by atoms with Gasteiger partial charge in [-0.1, -0.05) is 35.3 Å². The number of carbonyl (C=O) groups excluding carboxylic acids is 1. The Bertz CT molecular complexity index is 387. The maximum atomic E-state index is 11.6. The van der Waals surface area contributed by atoms with Crippen molar-refractivity contribution in [2.24, 2.45) is 0 Å². The van der Waals surface area contributed by atoms with Crippen LogP contribution in [0, 0.1) is 0 Å². The maximum absolute atomic E-state index is 11.6. The van der Waals surface area contributed by atoms with Gasteiger partial charge in [-0.2, -0.15) is 0 Å². The molecular formula is C12H14Cl2N2O. The normalized spacial score (nSPS) is 10.0. The summed E-state index contributed by atoms with van der Waals surface area (Å²) in [6.45, 7) is 4.83. The first kappa shape index (κ1) is 14.0. The van der Waals surface area contributed by atoms with Gasteiger partial charge in [0.25, 0.3) is 0 Å². The minimum atomic E-state index is -0.128. The van der Waals surface area contributed by atoms with Gasteiger partial charge in [0.2, 0.25) is 5.91 Å². The largest absolute Gasteiger partial charge is 0.324 e. The molecule has 5 heteroatoms. The number of anilines is 1. The highest BCUT2D eigenvalue weighted by Gasteiger charge is 2.08. The molecule has 0 radical (unpaired) electrons. The minimum Gasteiger partial charge on any atom is -0.324 e. The Morgan fingerprint density at radius 3 is 2.59 bits per heavy atom. The molecule has 0 aliphatic carbocycles. The molecule has 0 saturated carbocycles. The zero-order chi connectivity index (χ0) is 12.7. The third-order valence-electron chi connectivity index (χ3n) is 2.04. The summed E-state index contributed by atoms with van der Waals surface area (Å²) in [6.07, 6.45) is 2.10. The van der Waals surface area contributed by atoms with Crippen LogP contribution in [0.1, 0.15) is 6.42 Å². The van der Waals surface area contributed by atoms with Gasteiger partial charge >= 0.3 is 0 Å². The third kappa shape index (κ3) is 4.77. The van der Waals surface area contributed by atoms with Crippen molar-refractivity contribution in [3.63, 3.8) is 0 Å². The highest BCUT2D eigenvalue weighted by atomic mass is 35.5. The van der Waals surface area contributed by atoms with Crippen molar-refractivity contribution in [1.29, 1.82) is 0 Å². The number of hydrogen-bond donors (Lipinski definition) is 2. The van der Waals surface area contributed by atoms with E-state index in [2.05, 4.69) is 17.2 Å². The van der Waals surface area contributed by atoms with Crippen molar-refractivity contribution < 1.29 is 4.79 Å². The molecule has 0 aliphatic rings. The quantitative estimate of drug-likeness (QED) is 0.617. The SMILES string of the molecule is C=CCNCCC(=O)Nc1c(Cl)cccc1Cl. The predicted octanol–water partition coefficient (Wildman–Crippen LogP) is 3.10. The molecule has 0 unspecified atom stereocenters. The minimum absolute atomic E-state index is 0.128. The van der Waals surface area contributed by atoms with E-state index in [-0.39, 0.29) is 5.91 Å². The molecular weight excluding hydrogens is 259 g/mol. The van der Waals surface area contributed by atoms with Crippen LogP contribution in [0.2, 0.25) is 10.0 Å². The summed E-state index contributed by atoms with van der Waals surface area (Å²) in [5, 5.41) is 6.59. The van der Waals surface area contributed by atoms with Crippen LogP contribution in [0.3, 0.4) is 0 Å². The molecule has 17 heavy (non-hydrogen) atoms. The van der Waals surface area contributed by atoms with Gasteiger partial charge in [-0.05, 0) is 12.1 Å². The zero-order valence-electron chi connectivity index (χ0n) is 9.30. The monoisotopic (exact) mass is 272 g/mol. The molecule has 1 aromatic carbocycles. The molecule has 1 rings (SSSR count). The smallest absolute Gasteiger partial charge is 0.225 e. The molecule has 1 amide bonds. The van der Waals surface area contributed by atoms with Crippen LogP contribution in [0.15, 0.2) is 30.9 Å². The fourth-order valence-corrected chi connectivity index (χ4v) is 1.72. The second kappa shape index (κ2) is 7.33. The van der Waals surface area contributed by atoms with Gasteiger partial charge < -0.3 is 10.6 Å². The molecule has 92 valence electrons. The van der Waals surface area contributed by atoms with E-state index in [9.17, 15) is 4.79 Å². The average Bonchev–Trinajstić information content (AvgIpc) is 2.30. The van der Waals surface area contributed by atoms with E-state index in [1.807, 2.05) is 0 Å². The van der Waals surface area contributed by atoms with E-state index < -0.39 is 0 Å². The number of rotatable bonds is 6. The van der Waals surface area contributed by atoms with Crippen LogP contribution in [0.25, 0.3) is 0 Å². The van der Waals surface area contributed by atoms with Gasteiger partial charge in [0.15, 0.2) is 0 Å². The van der Waals surface area contributed by atoms with Crippen molar-refractivity contribution in [3.8, 4) is 0 Å². The Labute approximate surface area is 111 Å². The first-order chi connectivity index (χ1) is 8.15. The lowest BCUT2D eigenvalue weighted by molar-refractivity contribution is -0.116. The fourth-order valence-electron chi connectivity index (χ4n) is 1.23. The lowest BCUT2D eigenvalue weighted by Crippen LogP contribution is -2.21. The Balaban J connectivity index is 2.48. The van der Waals surface area contributed by atoms with Crippen molar-refractivity contribution in [2.45, 2.75) is 6.42 Å². The van der Waals surface area contributed by atoms with Gasteiger partial charge in [-0.3, -0.25) is 4.79 Å². The van der Waals surface area contributed by atoms with Gasteiger partial charge in [-0.25, -0.2) is 0 Å². The number of halogens is 2. The molecule has 0 atom stereocenters. The topological polar surface area (TPSA) is 41.1 Å².